The fraction of sp³-hybridized carbons (Fsp3) is 0.615. The lowest BCUT2D eigenvalue weighted by Crippen LogP contribution is -2.05. The molecule has 2 nitrogen and oxygen atoms in total. The summed E-state index contributed by atoms with van der Waals surface area (Å²) in [6.07, 6.45) is 0. The Balaban J connectivity index is 2.52. The number of hydrogen-bond acceptors (Lipinski definition) is 2. The van der Waals surface area contributed by atoms with Crippen LogP contribution in [0.15, 0.2) is 6.07 Å². The van der Waals surface area contributed by atoms with Crippen LogP contribution in [0.2, 0.25) is 0 Å². The van der Waals surface area contributed by atoms with Crippen molar-refractivity contribution >= 4 is 0 Å². The lowest BCUT2D eigenvalue weighted by molar-refractivity contribution is 0.737. The maximum Gasteiger partial charge on any atom is 0.0480 e. The molecule has 0 spiro atoms. The zero-order chi connectivity index (χ0) is 11.0. The number of hydrogen-bond donors (Lipinski definition) is 1. The molecular formula is C13H20N2. The van der Waals surface area contributed by atoms with Crippen LogP contribution >= 0.6 is 0 Å². The average molecular weight is 204 g/mol. The molecule has 82 valence electrons. The first kappa shape index (κ1) is 10.6. The van der Waals surface area contributed by atoms with E-state index in [-0.39, 0.29) is 0 Å². The summed E-state index contributed by atoms with van der Waals surface area (Å²) in [5.41, 5.74) is 5.43. The van der Waals surface area contributed by atoms with Crippen LogP contribution in [0.25, 0.3) is 0 Å². The first-order chi connectivity index (χ1) is 7.09. The molecular weight excluding hydrogens is 184 g/mol. The molecule has 1 N–H and O–H groups in total. The van der Waals surface area contributed by atoms with Gasteiger partial charge in [0.1, 0.15) is 0 Å². The van der Waals surface area contributed by atoms with Crippen molar-refractivity contribution in [3.63, 3.8) is 0 Å². The van der Waals surface area contributed by atoms with Crippen LogP contribution in [-0.2, 0) is 13.1 Å². The Morgan fingerprint density at radius 2 is 1.87 bits per heavy atom. The van der Waals surface area contributed by atoms with Crippen molar-refractivity contribution in [2.24, 2.45) is 0 Å². The zero-order valence-corrected chi connectivity index (χ0v) is 10.1. The van der Waals surface area contributed by atoms with Gasteiger partial charge in [0.05, 0.1) is 0 Å². The van der Waals surface area contributed by atoms with Gasteiger partial charge >= 0.3 is 0 Å². The Kier molecular flexibility index (Phi) is 2.79. The van der Waals surface area contributed by atoms with Crippen molar-refractivity contribution in [1.82, 2.24) is 10.3 Å². The minimum Gasteiger partial charge on any atom is -0.309 e. The van der Waals surface area contributed by atoms with Crippen LogP contribution in [0, 0.1) is 0 Å². The zero-order valence-electron chi connectivity index (χ0n) is 10.1. The minimum atomic E-state index is 0.522. The van der Waals surface area contributed by atoms with Crippen LogP contribution in [0.4, 0.5) is 0 Å². The standard InChI is InChI=1S/C13H20N2/c1-8(2)12-5-10-6-14-7-11(10)13(15-12)9(3)4/h5,8-9,14H,6-7H2,1-4H3. The van der Waals surface area contributed by atoms with Gasteiger partial charge < -0.3 is 5.32 Å². The number of fused-ring (bicyclic) bond motifs is 1. The summed E-state index contributed by atoms with van der Waals surface area (Å²) < 4.78 is 0. The Morgan fingerprint density at radius 3 is 2.47 bits per heavy atom. The van der Waals surface area contributed by atoms with E-state index in [0.29, 0.717) is 11.8 Å². The molecule has 0 radical (unpaired) electrons. The fourth-order valence-electron chi connectivity index (χ4n) is 2.13. The third kappa shape index (κ3) is 1.91. The number of aromatic nitrogens is 1. The maximum atomic E-state index is 4.80. The van der Waals surface area contributed by atoms with E-state index in [9.17, 15) is 0 Å². The Labute approximate surface area is 92.1 Å². The molecule has 0 atom stereocenters. The molecule has 2 heterocycles. The number of nitrogens with zero attached hydrogens (tertiary/aromatic N) is 1. The highest BCUT2D eigenvalue weighted by molar-refractivity contribution is 5.37. The molecule has 1 aliphatic heterocycles. The van der Waals surface area contributed by atoms with Crippen LogP contribution < -0.4 is 5.32 Å². The topological polar surface area (TPSA) is 24.9 Å². The largest absolute Gasteiger partial charge is 0.309 e. The molecule has 2 heteroatoms. The second kappa shape index (κ2) is 3.93. The van der Waals surface area contributed by atoms with Gasteiger partial charge in [0.15, 0.2) is 0 Å². The molecule has 0 fully saturated rings. The second-order valence-electron chi connectivity index (χ2n) is 4.98. The molecule has 0 saturated heterocycles. The van der Waals surface area contributed by atoms with Crippen molar-refractivity contribution in [3.8, 4) is 0 Å². The highest BCUT2D eigenvalue weighted by Crippen LogP contribution is 2.27. The quantitative estimate of drug-likeness (QED) is 0.801. The number of nitrogens with one attached hydrogen (secondary N) is 1. The van der Waals surface area contributed by atoms with Crippen molar-refractivity contribution in [3.05, 3.63) is 28.6 Å². The predicted molar refractivity (Wildman–Crippen MR) is 63.0 cm³/mol. The molecule has 1 aromatic rings. The molecule has 1 aliphatic rings. The van der Waals surface area contributed by atoms with Gasteiger partial charge in [-0.15, -0.1) is 0 Å². The minimum absolute atomic E-state index is 0.522. The molecule has 0 saturated carbocycles. The predicted octanol–water partition coefficient (Wildman–Crippen LogP) is 2.93. The normalized spacial score (nSPS) is 15.1. The third-order valence-electron chi connectivity index (χ3n) is 3.02. The van der Waals surface area contributed by atoms with Crippen molar-refractivity contribution < 1.29 is 0 Å². The third-order valence-corrected chi connectivity index (χ3v) is 3.02. The average Bonchev–Trinajstić information content (AvgIpc) is 2.62. The van der Waals surface area contributed by atoms with Gasteiger partial charge in [0.25, 0.3) is 0 Å². The van der Waals surface area contributed by atoms with E-state index in [4.69, 9.17) is 4.98 Å². The maximum absolute atomic E-state index is 4.80. The molecule has 0 aromatic carbocycles. The smallest absolute Gasteiger partial charge is 0.0480 e. The van der Waals surface area contributed by atoms with Gasteiger partial charge in [0, 0.05) is 24.5 Å². The van der Waals surface area contributed by atoms with E-state index in [2.05, 4.69) is 39.1 Å². The molecule has 1 aromatic heterocycles. The summed E-state index contributed by atoms with van der Waals surface area (Å²) in [4.78, 5) is 4.80. The summed E-state index contributed by atoms with van der Waals surface area (Å²) >= 11 is 0. The van der Waals surface area contributed by atoms with E-state index in [1.54, 1.807) is 0 Å². The summed E-state index contributed by atoms with van der Waals surface area (Å²) in [5, 5.41) is 3.41. The summed E-state index contributed by atoms with van der Waals surface area (Å²) in [7, 11) is 0. The number of pyridine rings is 1. The summed E-state index contributed by atoms with van der Waals surface area (Å²) in [6.45, 7) is 10.9. The van der Waals surface area contributed by atoms with Gasteiger partial charge in [-0.1, -0.05) is 27.7 Å². The van der Waals surface area contributed by atoms with Crippen molar-refractivity contribution in [2.45, 2.75) is 52.6 Å². The van der Waals surface area contributed by atoms with Crippen LogP contribution in [-0.4, -0.2) is 4.98 Å². The van der Waals surface area contributed by atoms with Gasteiger partial charge in [-0.2, -0.15) is 0 Å². The van der Waals surface area contributed by atoms with Crippen LogP contribution in [0.1, 0.15) is 62.0 Å². The summed E-state index contributed by atoms with van der Waals surface area (Å²) in [6, 6.07) is 2.27. The van der Waals surface area contributed by atoms with E-state index in [1.807, 2.05) is 0 Å². The summed E-state index contributed by atoms with van der Waals surface area (Å²) in [5.74, 6) is 1.05. The van der Waals surface area contributed by atoms with Crippen molar-refractivity contribution in [2.75, 3.05) is 0 Å². The van der Waals surface area contributed by atoms with Gasteiger partial charge in [-0.25, -0.2) is 0 Å². The Bertz CT molecular complexity index is 367. The van der Waals surface area contributed by atoms with E-state index < -0.39 is 0 Å². The first-order valence-corrected chi connectivity index (χ1v) is 5.83. The Morgan fingerprint density at radius 1 is 1.13 bits per heavy atom. The van der Waals surface area contributed by atoms with Gasteiger partial charge in [-0.3, -0.25) is 4.98 Å². The lowest BCUT2D eigenvalue weighted by Gasteiger charge is -2.14. The van der Waals surface area contributed by atoms with Crippen LogP contribution in [0.3, 0.4) is 0 Å². The SMILES string of the molecule is CC(C)c1cc2c(c(C(C)C)n1)CNC2. The highest BCUT2D eigenvalue weighted by atomic mass is 14.9. The molecule has 0 amide bonds. The van der Waals surface area contributed by atoms with E-state index in [0.717, 1.165) is 13.1 Å². The lowest BCUT2D eigenvalue weighted by atomic mass is 9.97. The second-order valence-corrected chi connectivity index (χ2v) is 4.98. The molecule has 0 bridgehead atoms. The van der Waals surface area contributed by atoms with Crippen molar-refractivity contribution in [1.29, 1.82) is 0 Å². The fourth-order valence-corrected chi connectivity index (χ4v) is 2.13. The molecule has 15 heavy (non-hydrogen) atoms. The van der Waals surface area contributed by atoms with Crippen LogP contribution in [0.5, 0.6) is 0 Å². The Hall–Kier alpha value is -0.890. The highest BCUT2D eigenvalue weighted by Gasteiger charge is 2.19. The van der Waals surface area contributed by atoms with Gasteiger partial charge in [0.2, 0.25) is 0 Å². The van der Waals surface area contributed by atoms with E-state index in [1.165, 1.54) is 22.5 Å². The molecule has 0 unspecified atom stereocenters. The molecule has 0 aliphatic carbocycles. The molecule has 2 rings (SSSR count). The first-order valence-electron chi connectivity index (χ1n) is 5.83. The monoisotopic (exact) mass is 204 g/mol. The van der Waals surface area contributed by atoms with E-state index >= 15 is 0 Å². The number of rotatable bonds is 2. The van der Waals surface area contributed by atoms with Gasteiger partial charge in [-0.05, 0) is 29.0 Å².